The molecule has 0 aliphatic carbocycles. The molecule has 4 heterocycles. The van der Waals surface area contributed by atoms with Gasteiger partial charge >= 0.3 is 0 Å². The van der Waals surface area contributed by atoms with E-state index in [9.17, 15) is 0 Å². The lowest BCUT2D eigenvalue weighted by atomic mass is 10.1. The van der Waals surface area contributed by atoms with Crippen LogP contribution in [0.5, 0.6) is 0 Å². The van der Waals surface area contributed by atoms with Crippen molar-refractivity contribution in [3.8, 4) is 11.3 Å². The fraction of sp³-hybridized carbons (Fsp3) is 0.167. The van der Waals surface area contributed by atoms with Gasteiger partial charge in [-0.15, -0.1) is 0 Å². The lowest BCUT2D eigenvalue weighted by molar-refractivity contribution is 0.719. The van der Waals surface area contributed by atoms with Crippen molar-refractivity contribution in [1.29, 1.82) is 0 Å². The maximum absolute atomic E-state index is 4.70. The Hall–Kier alpha value is -2.80. The van der Waals surface area contributed by atoms with E-state index < -0.39 is 0 Å². The van der Waals surface area contributed by atoms with Crippen molar-refractivity contribution < 1.29 is 0 Å². The summed E-state index contributed by atoms with van der Waals surface area (Å²) < 4.78 is 4.04. The Kier molecular flexibility index (Phi) is 3.45. The van der Waals surface area contributed by atoms with Gasteiger partial charge in [0.2, 0.25) is 0 Å². The van der Waals surface area contributed by atoms with Gasteiger partial charge in [-0.1, -0.05) is 42.1 Å². The molecule has 25 heavy (non-hydrogen) atoms. The van der Waals surface area contributed by atoms with Gasteiger partial charge in [0.05, 0.1) is 24.1 Å². The fourth-order valence-electron chi connectivity index (χ4n) is 3.02. The molecule has 1 aliphatic rings. The number of aryl methyl sites for hydroxylation is 1. The van der Waals surface area contributed by atoms with Gasteiger partial charge in [0.25, 0.3) is 0 Å². The van der Waals surface area contributed by atoms with Crippen LogP contribution in [0.3, 0.4) is 0 Å². The Morgan fingerprint density at radius 2 is 2.04 bits per heavy atom. The van der Waals surface area contributed by atoms with Crippen molar-refractivity contribution in [3.05, 3.63) is 60.6 Å². The number of anilines is 1. The van der Waals surface area contributed by atoms with Crippen molar-refractivity contribution in [3.63, 3.8) is 0 Å². The summed E-state index contributed by atoms with van der Waals surface area (Å²) in [5.41, 5.74) is 3.89. The van der Waals surface area contributed by atoms with Gasteiger partial charge in [0.1, 0.15) is 5.82 Å². The summed E-state index contributed by atoms with van der Waals surface area (Å²) in [5, 5.41) is 8.95. The number of nitrogens with zero attached hydrogens (tertiary/aromatic N) is 5. The molecule has 1 aromatic carbocycles. The standard InChI is InChI=1S/C18H16N6S/c1-2-4-13(5-3-1)15-10-17(24-16(22-15)6-7-20-24)19-11-14-12-23-8-9-25-18(23)21-14/h1-7,10,12,19H,8-9,11H2. The van der Waals surface area contributed by atoms with Gasteiger partial charge in [-0.05, 0) is 0 Å². The second kappa shape index (κ2) is 5.93. The van der Waals surface area contributed by atoms with Crippen LogP contribution in [0.15, 0.2) is 60.0 Å². The number of hydrogen-bond acceptors (Lipinski definition) is 5. The average molecular weight is 348 g/mol. The number of rotatable bonds is 4. The highest BCUT2D eigenvalue weighted by atomic mass is 32.2. The molecular weight excluding hydrogens is 332 g/mol. The molecule has 7 heteroatoms. The van der Waals surface area contributed by atoms with Gasteiger partial charge in [0.15, 0.2) is 10.8 Å². The molecule has 0 atom stereocenters. The maximum atomic E-state index is 4.70. The van der Waals surface area contributed by atoms with Crippen LogP contribution < -0.4 is 5.32 Å². The minimum Gasteiger partial charge on any atom is -0.364 e. The SMILES string of the molecule is c1ccc(-c2cc(NCc3cn4c(n3)SCC4)n3nccc3n2)cc1. The predicted molar refractivity (Wildman–Crippen MR) is 98.7 cm³/mol. The maximum Gasteiger partial charge on any atom is 0.168 e. The van der Waals surface area contributed by atoms with Crippen LogP contribution >= 0.6 is 11.8 Å². The number of thioether (sulfide) groups is 1. The summed E-state index contributed by atoms with van der Waals surface area (Å²) >= 11 is 1.81. The van der Waals surface area contributed by atoms with E-state index in [0.717, 1.165) is 45.9 Å². The number of aromatic nitrogens is 5. The van der Waals surface area contributed by atoms with E-state index >= 15 is 0 Å². The van der Waals surface area contributed by atoms with Crippen LogP contribution in [0.4, 0.5) is 5.82 Å². The molecule has 5 rings (SSSR count). The highest BCUT2D eigenvalue weighted by Crippen LogP contribution is 2.25. The highest BCUT2D eigenvalue weighted by molar-refractivity contribution is 7.99. The van der Waals surface area contributed by atoms with Crippen LogP contribution in [-0.2, 0) is 13.1 Å². The van der Waals surface area contributed by atoms with E-state index in [4.69, 9.17) is 4.98 Å². The Morgan fingerprint density at radius 1 is 1.12 bits per heavy atom. The van der Waals surface area contributed by atoms with E-state index in [-0.39, 0.29) is 0 Å². The third kappa shape index (κ3) is 2.66. The quantitative estimate of drug-likeness (QED) is 0.613. The summed E-state index contributed by atoms with van der Waals surface area (Å²) in [7, 11) is 0. The van der Waals surface area contributed by atoms with Crippen LogP contribution in [0.1, 0.15) is 5.69 Å². The van der Waals surface area contributed by atoms with E-state index in [1.165, 1.54) is 0 Å². The van der Waals surface area contributed by atoms with E-state index in [0.29, 0.717) is 6.54 Å². The first kappa shape index (κ1) is 14.5. The van der Waals surface area contributed by atoms with Crippen LogP contribution in [0.25, 0.3) is 16.9 Å². The van der Waals surface area contributed by atoms with Crippen molar-refractivity contribution in [2.24, 2.45) is 0 Å². The Morgan fingerprint density at radius 3 is 2.92 bits per heavy atom. The van der Waals surface area contributed by atoms with E-state index in [1.807, 2.05) is 46.6 Å². The first-order valence-corrected chi connectivity index (χ1v) is 9.18. The number of benzene rings is 1. The van der Waals surface area contributed by atoms with Gasteiger partial charge in [-0.2, -0.15) is 9.61 Å². The van der Waals surface area contributed by atoms with Crippen LogP contribution in [0, 0.1) is 0 Å². The van der Waals surface area contributed by atoms with Gasteiger partial charge < -0.3 is 9.88 Å². The van der Waals surface area contributed by atoms with Crippen molar-refractivity contribution in [1.82, 2.24) is 24.1 Å². The summed E-state index contributed by atoms with van der Waals surface area (Å²) in [5.74, 6) is 2.03. The molecule has 0 radical (unpaired) electrons. The minimum absolute atomic E-state index is 0.660. The number of hydrogen-bond donors (Lipinski definition) is 1. The summed E-state index contributed by atoms with van der Waals surface area (Å²) in [6.45, 7) is 1.71. The molecule has 1 aliphatic heterocycles. The summed E-state index contributed by atoms with van der Waals surface area (Å²) in [6.07, 6.45) is 3.89. The normalized spacial score (nSPS) is 13.3. The Labute approximate surface area is 148 Å². The summed E-state index contributed by atoms with van der Waals surface area (Å²) in [6, 6.07) is 14.1. The lowest BCUT2D eigenvalue weighted by Gasteiger charge is -2.10. The fourth-order valence-corrected chi connectivity index (χ4v) is 3.99. The topological polar surface area (TPSA) is 60.0 Å². The minimum atomic E-state index is 0.660. The molecule has 0 fully saturated rings. The van der Waals surface area contributed by atoms with Gasteiger partial charge in [0, 0.05) is 36.2 Å². The highest BCUT2D eigenvalue weighted by Gasteiger charge is 2.14. The van der Waals surface area contributed by atoms with Crippen molar-refractivity contribution >= 4 is 23.2 Å². The van der Waals surface area contributed by atoms with Gasteiger partial charge in [-0.3, -0.25) is 0 Å². The molecule has 3 aromatic heterocycles. The van der Waals surface area contributed by atoms with Crippen molar-refractivity contribution in [2.75, 3.05) is 11.1 Å². The Bertz CT molecular complexity index is 1010. The zero-order valence-corrected chi connectivity index (χ0v) is 14.3. The summed E-state index contributed by atoms with van der Waals surface area (Å²) in [4.78, 5) is 9.37. The zero-order valence-electron chi connectivity index (χ0n) is 13.5. The molecule has 0 bridgehead atoms. The Balaban J connectivity index is 1.48. The number of fused-ring (bicyclic) bond motifs is 2. The monoisotopic (exact) mass is 348 g/mol. The second-order valence-corrected chi connectivity index (χ2v) is 6.97. The van der Waals surface area contributed by atoms with E-state index in [2.05, 4.69) is 38.3 Å². The molecule has 6 nitrogen and oxygen atoms in total. The second-order valence-electron chi connectivity index (χ2n) is 5.90. The first-order chi connectivity index (χ1) is 12.4. The van der Waals surface area contributed by atoms with Crippen molar-refractivity contribution in [2.45, 2.75) is 18.2 Å². The van der Waals surface area contributed by atoms with Crippen LogP contribution in [-0.4, -0.2) is 29.9 Å². The zero-order chi connectivity index (χ0) is 16.6. The molecule has 0 unspecified atom stereocenters. The molecule has 1 N–H and O–H groups in total. The number of imidazole rings is 1. The largest absolute Gasteiger partial charge is 0.364 e. The third-order valence-corrected chi connectivity index (χ3v) is 5.20. The predicted octanol–water partition coefficient (Wildman–Crippen LogP) is 3.31. The first-order valence-electron chi connectivity index (χ1n) is 8.20. The van der Waals surface area contributed by atoms with E-state index in [1.54, 1.807) is 6.20 Å². The molecule has 0 spiro atoms. The number of nitrogens with one attached hydrogen (secondary N) is 1. The molecule has 124 valence electrons. The molecular formula is C18H16N6S. The van der Waals surface area contributed by atoms with Gasteiger partial charge in [-0.25, -0.2) is 9.97 Å². The molecule has 0 saturated carbocycles. The smallest absolute Gasteiger partial charge is 0.168 e. The molecule has 0 saturated heterocycles. The molecule has 4 aromatic rings. The van der Waals surface area contributed by atoms with Crippen LogP contribution in [0.2, 0.25) is 0 Å². The third-order valence-electron chi connectivity index (χ3n) is 4.23. The molecule has 0 amide bonds. The average Bonchev–Trinajstić information content (AvgIpc) is 3.35. The lowest BCUT2D eigenvalue weighted by Crippen LogP contribution is -2.07.